The first kappa shape index (κ1) is 31.4. The van der Waals surface area contributed by atoms with Gasteiger partial charge >= 0.3 is 0 Å². The predicted octanol–water partition coefficient (Wildman–Crippen LogP) is 5.35. The molecule has 8 heteroatoms. The molecule has 4 rings (SSSR count). The van der Waals surface area contributed by atoms with Crippen LogP contribution in [-0.2, 0) is 22.4 Å². The van der Waals surface area contributed by atoms with Crippen LogP contribution in [0.15, 0.2) is 53.5 Å². The first-order chi connectivity index (χ1) is 20.3. The molecule has 0 amide bonds. The zero-order valence-electron chi connectivity index (χ0n) is 25.1. The molecule has 0 radical (unpaired) electrons. The number of carbonyl (C=O) groups is 2. The van der Waals surface area contributed by atoms with Gasteiger partial charge in [-0.05, 0) is 67.0 Å². The maximum absolute atomic E-state index is 12.7. The number of aryl methyl sites for hydroxylation is 1. The van der Waals surface area contributed by atoms with Crippen molar-refractivity contribution in [2.24, 2.45) is 11.1 Å². The van der Waals surface area contributed by atoms with Gasteiger partial charge in [0, 0.05) is 54.8 Å². The Kier molecular flexibility index (Phi) is 10.9. The smallest absolute Gasteiger partial charge is 0.161 e. The van der Waals surface area contributed by atoms with E-state index in [1.54, 1.807) is 6.07 Å². The van der Waals surface area contributed by atoms with Crippen LogP contribution in [-0.4, -0.2) is 47.0 Å². The average Bonchev–Trinajstić information content (AvgIpc) is 3.49. The Morgan fingerprint density at radius 1 is 1.14 bits per heavy atom. The van der Waals surface area contributed by atoms with E-state index in [0.717, 1.165) is 48.1 Å². The molecule has 2 aliphatic rings. The monoisotopic (exact) mass is 577 g/mol. The molecule has 228 valence electrons. The highest BCUT2D eigenvalue weighted by Gasteiger charge is 2.47. The first-order valence-electron chi connectivity index (χ1n) is 15.4. The number of aromatic hydroxyl groups is 1. The number of Topliss-reactive ketones (excluding diaryl/α,β-unsaturated/α-hetero) is 2. The SMILES string of the molecule is CCCCCCCC(=O)CC(=O)CCc1cc(OC)c(O)c([C@@H]2C3=CCNC(N)=C3CC[C@@]2(CO)Cc2ccc[nH]2)c1. The van der Waals surface area contributed by atoms with Gasteiger partial charge in [0.2, 0.25) is 0 Å². The van der Waals surface area contributed by atoms with Crippen molar-refractivity contribution in [3.63, 3.8) is 0 Å². The van der Waals surface area contributed by atoms with Crippen LogP contribution in [0.2, 0.25) is 0 Å². The van der Waals surface area contributed by atoms with Crippen molar-refractivity contribution in [2.45, 2.75) is 89.9 Å². The van der Waals surface area contributed by atoms with E-state index in [4.69, 9.17) is 10.5 Å². The van der Waals surface area contributed by atoms with Gasteiger partial charge < -0.3 is 31.0 Å². The molecule has 6 N–H and O–H groups in total. The molecular weight excluding hydrogens is 530 g/mol. The van der Waals surface area contributed by atoms with Crippen LogP contribution in [0.3, 0.4) is 0 Å². The normalized spacial score (nSPS) is 20.1. The second-order valence-electron chi connectivity index (χ2n) is 11.9. The van der Waals surface area contributed by atoms with Crippen molar-refractivity contribution in [3.8, 4) is 11.5 Å². The lowest BCUT2D eigenvalue weighted by Crippen LogP contribution is -2.42. The fraction of sp³-hybridized carbons (Fsp3) is 0.529. The second kappa shape index (κ2) is 14.6. The van der Waals surface area contributed by atoms with E-state index < -0.39 is 5.41 Å². The molecule has 2 heterocycles. The Morgan fingerprint density at radius 3 is 2.64 bits per heavy atom. The lowest BCUT2D eigenvalue weighted by Gasteiger charge is -2.47. The molecule has 42 heavy (non-hydrogen) atoms. The van der Waals surface area contributed by atoms with E-state index in [0.29, 0.717) is 55.8 Å². The van der Waals surface area contributed by atoms with E-state index in [1.807, 2.05) is 24.4 Å². The minimum Gasteiger partial charge on any atom is -0.504 e. The number of hydrogen-bond acceptors (Lipinski definition) is 7. The number of hydrogen-bond donors (Lipinski definition) is 5. The Balaban J connectivity index is 1.60. The quantitative estimate of drug-likeness (QED) is 0.134. The number of ether oxygens (including phenoxy) is 1. The highest BCUT2D eigenvalue weighted by molar-refractivity contribution is 5.99. The number of phenols is 1. The number of allylic oxidation sites excluding steroid dienone is 2. The van der Waals surface area contributed by atoms with Crippen molar-refractivity contribution < 1.29 is 24.5 Å². The summed E-state index contributed by atoms with van der Waals surface area (Å²) < 4.78 is 5.60. The number of nitrogens with two attached hydrogens (primary N) is 1. The van der Waals surface area contributed by atoms with Gasteiger partial charge in [0.05, 0.1) is 19.4 Å². The molecular formula is C34H47N3O5. The van der Waals surface area contributed by atoms with E-state index in [2.05, 4.69) is 23.3 Å². The third-order valence-corrected chi connectivity index (χ3v) is 8.95. The topological polar surface area (TPSA) is 138 Å². The molecule has 1 aromatic heterocycles. The summed E-state index contributed by atoms with van der Waals surface area (Å²) in [5.41, 5.74) is 10.3. The zero-order valence-corrected chi connectivity index (χ0v) is 25.1. The molecule has 0 bridgehead atoms. The van der Waals surface area contributed by atoms with Crippen LogP contribution < -0.4 is 15.8 Å². The predicted molar refractivity (Wildman–Crippen MR) is 164 cm³/mol. The first-order valence-corrected chi connectivity index (χ1v) is 15.4. The van der Waals surface area contributed by atoms with Gasteiger partial charge in [0.1, 0.15) is 11.6 Å². The molecule has 1 aliphatic carbocycles. The number of dihydropyridines is 1. The summed E-state index contributed by atoms with van der Waals surface area (Å²) in [7, 11) is 1.51. The Morgan fingerprint density at radius 2 is 1.93 bits per heavy atom. The van der Waals surface area contributed by atoms with Gasteiger partial charge in [-0.3, -0.25) is 9.59 Å². The number of phenolic OH excluding ortho intramolecular Hbond substituents is 1. The number of H-pyrrole nitrogens is 1. The second-order valence-corrected chi connectivity index (χ2v) is 11.9. The van der Waals surface area contributed by atoms with Crippen LogP contribution >= 0.6 is 0 Å². The summed E-state index contributed by atoms with van der Waals surface area (Å²) in [6, 6.07) is 7.66. The number of unbranched alkanes of at least 4 members (excludes halogenated alkanes) is 4. The third kappa shape index (κ3) is 7.27. The van der Waals surface area contributed by atoms with E-state index in [1.165, 1.54) is 13.5 Å². The van der Waals surface area contributed by atoms with Gasteiger partial charge in [-0.1, -0.05) is 44.7 Å². The zero-order chi connectivity index (χ0) is 30.1. The fourth-order valence-corrected chi connectivity index (χ4v) is 6.66. The molecule has 0 unspecified atom stereocenters. The highest BCUT2D eigenvalue weighted by atomic mass is 16.5. The van der Waals surface area contributed by atoms with Crippen molar-refractivity contribution in [2.75, 3.05) is 20.3 Å². The summed E-state index contributed by atoms with van der Waals surface area (Å²) in [6.07, 6.45) is 12.4. The van der Waals surface area contributed by atoms with Gasteiger partial charge in [-0.25, -0.2) is 0 Å². The van der Waals surface area contributed by atoms with Crippen molar-refractivity contribution >= 4 is 11.6 Å². The molecule has 8 nitrogen and oxygen atoms in total. The maximum Gasteiger partial charge on any atom is 0.161 e. The number of aromatic nitrogens is 1. The molecule has 2 atom stereocenters. The molecule has 1 fully saturated rings. The van der Waals surface area contributed by atoms with Gasteiger partial charge in [0.15, 0.2) is 11.5 Å². The number of nitrogens with one attached hydrogen (secondary N) is 2. The molecule has 0 spiro atoms. The number of aliphatic hydroxyl groups excluding tert-OH is 1. The van der Waals surface area contributed by atoms with Crippen molar-refractivity contribution in [3.05, 3.63) is 70.3 Å². The molecule has 1 saturated carbocycles. The summed E-state index contributed by atoms with van der Waals surface area (Å²) in [6.45, 7) is 2.64. The van der Waals surface area contributed by atoms with Crippen molar-refractivity contribution in [1.29, 1.82) is 0 Å². The number of aromatic amines is 1. The Bertz CT molecular complexity index is 1300. The summed E-state index contributed by atoms with van der Waals surface area (Å²) >= 11 is 0. The van der Waals surface area contributed by atoms with Crippen LogP contribution in [0.1, 0.15) is 93.9 Å². The highest BCUT2D eigenvalue weighted by Crippen LogP contribution is 2.57. The standard InChI is InChI=1S/C34H47N3O5/c1-3-4-5-6-7-10-25(39)20-26(40)12-11-23-18-29(32(41)30(19-23)42-2)31-27-14-17-37-33(35)28(27)13-15-34(31,22-38)21-24-9-8-16-36-24/h8-9,14,16,18-19,31,36-38,41H,3-7,10-13,15,17,20-22,35H2,1-2H3/t31-,34-/m0/s1. The molecule has 2 aromatic rings. The number of ketones is 2. The number of methoxy groups -OCH3 is 1. The molecule has 1 aliphatic heterocycles. The fourth-order valence-electron chi connectivity index (χ4n) is 6.66. The van der Waals surface area contributed by atoms with Gasteiger partial charge in [-0.15, -0.1) is 0 Å². The Hall–Kier alpha value is -3.52. The number of aliphatic hydroxyl groups is 1. The Labute approximate surface area is 249 Å². The average molecular weight is 578 g/mol. The van der Waals surface area contributed by atoms with Crippen LogP contribution in [0.5, 0.6) is 11.5 Å². The number of carbonyl (C=O) groups excluding carboxylic acids is 2. The van der Waals surface area contributed by atoms with Crippen molar-refractivity contribution in [1.82, 2.24) is 10.3 Å². The minimum atomic E-state index is -0.599. The number of fused-ring (bicyclic) bond motifs is 1. The molecule has 0 saturated heterocycles. The largest absolute Gasteiger partial charge is 0.504 e. The third-order valence-electron chi connectivity index (χ3n) is 8.95. The lowest BCUT2D eigenvalue weighted by atomic mass is 9.58. The van der Waals surface area contributed by atoms with E-state index >= 15 is 0 Å². The van der Waals surface area contributed by atoms with Crippen LogP contribution in [0, 0.1) is 5.41 Å². The summed E-state index contributed by atoms with van der Waals surface area (Å²) in [5.74, 6) is 0.564. The number of benzene rings is 1. The van der Waals surface area contributed by atoms with Crippen LogP contribution in [0.25, 0.3) is 0 Å². The maximum atomic E-state index is 12.7. The van der Waals surface area contributed by atoms with E-state index in [-0.39, 0.29) is 42.7 Å². The lowest BCUT2D eigenvalue weighted by molar-refractivity contribution is -0.127. The summed E-state index contributed by atoms with van der Waals surface area (Å²) in [5, 5.41) is 25.7. The minimum absolute atomic E-state index is 0.00877. The van der Waals surface area contributed by atoms with E-state index in [9.17, 15) is 19.8 Å². The van der Waals surface area contributed by atoms with Gasteiger partial charge in [-0.2, -0.15) is 0 Å². The summed E-state index contributed by atoms with van der Waals surface area (Å²) in [4.78, 5) is 28.4. The van der Waals surface area contributed by atoms with Crippen LogP contribution in [0.4, 0.5) is 0 Å². The van der Waals surface area contributed by atoms with Gasteiger partial charge in [0.25, 0.3) is 0 Å². The molecule has 1 aromatic carbocycles. The number of rotatable bonds is 16.